The molecule has 0 N–H and O–H groups in total. The number of benzene rings is 3. The number of carbonyl (C=O) groups is 1. The van der Waals surface area contributed by atoms with Gasteiger partial charge in [0.2, 0.25) is 12.7 Å². The third-order valence-electron chi connectivity index (χ3n) is 6.52. The highest BCUT2D eigenvalue weighted by molar-refractivity contribution is 6.30. The van der Waals surface area contributed by atoms with Crippen LogP contribution in [0, 0.1) is 0 Å². The van der Waals surface area contributed by atoms with Gasteiger partial charge in [-0.3, -0.25) is 9.69 Å². The summed E-state index contributed by atoms with van der Waals surface area (Å²) in [5.74, 6) is 2.62. The number of ether oxygens (including phenoxy) is 2. The van der Waals surface area contributed by atoms with Crippen LogP contribution in [0.15, 0.2) is 77.3 Å². The molecule has 4 aromatic rings. The van der Waals surface area contributed by atoms with E-state index in [4.69, 9.17) is 25.5 Å². The topological polar surface area (TPSA) is 68.0 Å². The zero-order valence-corrected chi connectivity index (χ0v) is 20.3. The number of hydrogen-bond donors (Lipinski definition) is 0. The highest BCUT2D eigenvalue weighted by Crippen LogP contribution is 2.33. The van der Waals surface area contributed by atoms with Gasteiger partial charge in [0.15, 0.2) is 17.3 Å². The zero-order chi connectivity index (χ0) is 24.5. The second-order valence-electron chi connectivity index (χ2n) is 8.84. The lowest BCUT2D eigenvalue weighted by molar-refractivity contribution is 0.0629. The van der Waals surface area contributed by atoms with Crippen LogP contribution in [0.2, 0.25) is 5.02 Å². The normalized spacial score (nSPS) is 15.3. The van der Waals surface area contributed by atoms with Gasteiger partial charge in [-0.2, -0.15) is 0 Å². The molecule has 8 heteroatoms. The largest absolute Gasteiger partial charge is 0.454 e. The first-order chi connectivity index (χ1) is 17.6. The molecule has 2 aliphatic rings. The van der Waals surface area contributed by atoms with Crippen molar-refractivity contribution < 1.29 is 18.7 Å². The van der Waals surface area contributed by atoms with Crippen molar-refractivity contribution in [3.05, 3.63) is 89.1 Å². The first-order valence-corrected chi connectivity index (χ1v) is 12.2. The van der Waals surface area contributed by atoms with Crippen LogP contribution in [0.5, 0.6) is 11.5 Å². The maximum atomic E-state index is 13.5. The fourth-order valence-corrected chi connectivity index (χ4v) is 4.71. The summed E-state index contributed by atoms with van der Waals surface area (Å²) in [5.41, 5.74) is 3.32. The molecular formula is C28H24ClN3O4. The molecule has 7 nitrogen and oxygen atoms in total. The van der Waals surface area contributed by atoms with Crippen molar-refractivity contribution >= 4 is 17.5 Å². The molecule has 0 spiro atoms. The van der Waals surface area contributed by atoms with Gasteiger partial charge >= 0.3 is 0 Å². The Morgan fingerprint density at radius 2 is 1.69 bits per heavy atom. The van der Waals surface area contributed by atoms with Gasteiger partial charge in [-0.1, -0.05) is 29.8 Å². The van der Waals surface area contributed by atoms with Crippen molar-refractivity contribution in [2.45, 2.75) is 6.54 Å². The van der Waals surface area contributed by atoms with E-state index in [0.717, 1.165) is 36.7 Å². The highest BCUT2D eigenvalue weighted by atomic mass is 35.5. The smallest absolute Gasteiger partial charge is 0.254 e. The molecule has 36 heavy (non-hydrogen) atoms. The SMILES string of the molecule is O=C(c1ccccc1-c1ncc(-c2ccc(Cl)cc2)o1)N1CCN(Cc2ccc3c(c2)OCO3)CC1. The minimum atomic E-state index is -0.0143. The van der Waals surface area contributed by atoms with E-state index in [1.54, 1.807) is 6.20 Å². The van der Waals surface area contributed by atoms with E-state index < -0.39 is 0 Å². The monoisotopic (exact) mass is 501 g/mol. The second-order valence-corrected chi connectivity index (χ2v) is 9.27. The Labute approximate surface area is 213 Å². The van der Waals surface area contributed by atoms with Crippen molar-refractivity contribution in [1.29, 1.82) is 0 Å². The molecule has 0 aliphatic carbocycles. The van der Waals surface area contributed by atoms with E-state index in [0.29, 0.717) is 40.9 Å². The van der Waals surface area contributed by atoms with Gasteiger partial charge in [0.25, 0.3) is 5.91 Å². The first-order valence-electron chi connectivity index (χ1n) is 11.9. The summed E-state index contributed by atoms with van der Waals surface area (Å²) in [4.78, 5) is 22.2. The number of hydrogen-bond acceptors (Lipinski definition) is 6. The minimum Gasteiger partial charge on any atom is -0.454 e. The molecule has 2 aliphatic heterocycles. The summed E-state index contributed by atoms with van der Waals surface area (Å²) in [5, 5.41) is 0.658. The van der Waals surface area contributed by atoms with Crippen molar-refractivity contribution in [1.82, 2.24) is 14.8 Å². The highest BCUT2D eigenvalue weighted by Gasteiger charge is 2.26. The quantitative estimate of drug-likeness (QED) is 0.367. The van der Waals surface area contributed by atoms with Crippen LogP contribution in [-0.4, -0.2) is 53.7 Å². The molecule has 1 fully saturated rings. The lowest BCUT2D eigenvalue weighted by Crippen LogP contribution is -2.48. The zero-order valence-electron chi connectivity index (χ0n) is 19.5. The van der Waals surface area contributed by atoms with Crippen molar-refractivity contribution in [2.24, 2.45) is 0 Å². The third kappa shape index (κ3) is 4.55. The lowest BCUT2D eigenvalue weighted by Gasteiger charge is -2.35. The van der Waals surface area contributed by atoms with E-state index in [1.807, 2.05) is 65.6 Å². The summed E-state index contributed by atoms with van der Waals surface area (Å²) in [6, 6.07) is 20.9. The standard InChI is InChI=1S/C28H24ClN3O4/c29-21-8-6-20(7-9-21)26-16-30-27(36-26)22-3-1-2-4-23(22)28(33)32-13-11-31(12-14-32)17-19-5-10-24-25(15-19)35-18-34-24/h1-10,15-16H,11-14,17-18H2. The molecule has 0 radical (unpaired) electrons. The van der Waals surface area contributed by atoms with Gasteiger partial charge in [-0.25, -0.2) is 4.98 Å². The molecular weight excluding hydrogens is 478 g/mol. The Kier molecular flexibility index (Phi) is 6.09. The molecule has 0 bridgehead atoms. The number of oxazole rings is 1. The van der Waals surface area contributed by atoms with Crippen molar-refractivity contribution in [3.63, 3.8) is 0 Å². The Morgan fingerprint density at radius 3 is 2.53 bits per heavy atom. The maximum Gasteiger partial charge on any atom is 0.254 e. The van der Waals surface area contributed by atoms with Crippen molar-refractivity contribution in [3.8, 4) is 34.3 Å². The molecule has 1 amide bonds. The molecule has 1 aromatic heterocycles. The molecule has 1 saturated heterocycles. The molecule has 6 rings (SSSR count). The summed E-state index contributed by atoms with van der Waals surface area (Å²) in [6.07, 6.45) is 1.68. The molecule has 182 valence electrons. The molecule has 0 unspecified atom stereocenters. The molecule has 3 aromatic carbocycles. The van der Waals surface area contributed by atoms with Crippen LogP contribution in [0.25, 0.3) is 22.8 Å². The van der Waals surface area contributed by atoms with Gasteiger partial charge in [-0.05, 0) is 54.1 Å². The fraction of sp³-hybridized carbons (Fsp3) is 0.214. The van der Waals surface area contributed by atoms with Crippen LogP contribution in [0.4, 0.5) is 0 Å². The first kappa shape index (κ1) is 22.6. The van der Waals surface area contributed by atoms with Gasteiger partial charge in [0, 0.05) is 48.9 Å². The van der Waals surface area contributed by atoms with Gasteiger partial charge in [0.1, 0.15) is 0 Å². The minimum absolute atomic E-state index is 0.0143. The van der Waals surface area contributed by atoms with E-state index in [9.17, 15) is 4.79 Å². The average molecular weight is 502 g/mol. The second kappa shape index (κ2) is 9.68. The van der Waals surface area contributed by atoms with E-state index in [1.165, 1.54) is 5.56 Å². The van der Waals surface area contributed by atoms with Crippen LogP contribution >= 0.6 is 11.6 Å². The van der Waals surface area contributed by atoms with Crippen LogP contribution in [-0.2, 0) is 6.54 Å². The fourth-order valence-electron chi connectivity index (χ4n) is 4.58. The number of aromatic nitrogens is 1. The third-order valence-corrected chi connectivity index (χ3v) is 6.78. The summed E-state index contributed by atoms with van der Waals surface area (Å²) < 4.78 is 16.9. The number of rotatable bonds is 5. The number of carbonyl (C=O) groups excluding carboxylic acids is 1. The van der Waals surface area contributed by atoms with E-state index in [-0.39, 0.29) is 12.7 Å². The Morgan fingerprint density at radius 1 is 0.917 bits per heavy atom. The maximum absolute atomic E-state index is 13.5. The van der Waals surface area contributed by atoms with Crippen LogP contribution < -0.4 is 9.47 Å². The van der Waals surface area contributed by atoms with E-state index >= 15 is 0 Å². The number of amides is 1. The summed E-state index contributed by atoms with van der Waals surface area (Å²) >= 11 is 6.00. The number of nitrogens with zero attached hydrogens (tertiary/aromatic N) is 3. The lowest BCUT2D eigenvalue weighted by atomic mass is 10.1. The molecule has 0 atom stereocenters. The Bertz CT molecular complexity index is 1390. The summed E-state index contributed by atoms with van der Waals surface area (Å²) in [6.45, 7) is 3.97. The average Bonchev–Trinajstić information content (AvgIpc) is 3.59. The summed E-state index contributed by atoms with van der Waals surface area (Å²) in [7, 11) is 0. The number of halogens is 1. The van der Waals surface area contributed by atoms with Crippen LogP contribution in [0.1, 0.15) is 15.9 Å². The van der Waals surface area contributed by atoms with Crippen LogP contribution in [0.3, 0.4) is 0 Å². The number of piperazine rings is 1. The Hall–Kier alpha value is -3.81. The van der Waals surface area contributed by atoms with Crippen molar-refractivity contribution in [2.75, 3.05) is 33.0 Å². The van der Waals surface area contributed by atoms with E-state index in [2.05, 4.69) is 16.0 Å². The van der Waals surface area contributed by atoms with Gasteiger partial charge in [0.05, 0.1) is 11.8 Å². The molecule has 0 saturated carbocycles. The van der Waals surface area contributed by atoms with Gasteiger partial charge < -0.3 is 18.8 Å². The molecule has 3 heterocycles. The number of fused-ring (bicyclic) bond motifs is 1. The predicted octanol–water partition coefficient (Wildman–Crippen LogP) is 5.35. The van der Waals surface area contributed by atoms with Gasteiger partial charge in [-0.15, -0.1) is 0 Å². The Balaban J connectivity index is 1.14. The predicted molar refractivity (Wildman–Crippen MR) is 136 cm³/mol.